The van der Waals surface area contributed by atoms with Crippen LogP contribution in [0.4, 0.5) is 25.1 Å². The van der Waals surface area contributed by atoms with Crippen LogP contribution in [0.3, 0.4) is 0 Å². The number of aromatic nitrogens is 7. The lowest BCUT2D eigenvalue weighted by molar-refractivity contribution is -0.127. The molecule has 33 heteroatoms. The number of carbonyl (C=O) groups excluding carboxylic acids is 4. The fourth-order valence-electron chi connectivity index (χ4n) is 8.69. The van der Waals surface area contributed by atoms with E-state index < -0.39 is 129 Å². The summed E-state index contributed by atoms with van der Waals surface area (Å²) >= 11 is 9.34. The van der Waals surface area contributed by atoms with Crippen LogP contribution in [0.15, 0.2) is 78.5 Å². The quantitative estimate of drug-likeness (QED) is 0.0557. The Bertz CT molecular complexity index is 3430. The lowest BCUT2D eigenvalue weighted by Crippen LogP contribution is -2.50. The molecule has 12 atom stereocenters. The third kappa shape index (κ3) is 12.9. The average molecular weight is 1180 g/mol. The van der Waals surface area contributed by atoms with E-state index in [1.165, 1.54) is 0 Å². The van der Waals surface area contributed by atoms with E-state index in [0.29, 0.717) is 16.8 Å². The summed E-state index contributed by atoms with van der Waals surface area (Å²) in [6.07, 6.45) is -9.93. The van der Waals surface area contributed by atoms with Gasteiger partial charge in [-0.1, -0.05) is 56.4 Å². The van der Waals surface area contributed by atoms with Crippen molar-refractivity contribution in [3.8, 4) is 0 Å². The van der Waals surface area contributed by atoms with Gasteiger partial charge in [-0.25, -0.2) is 38.1 Å². The molecular formula is C46H52F2N12O15P2S2. The normalized spacial score (nSPS) is 27.0. The number of benzene rings is 2. The Morgan fingerprint density at radius 3 is 2.44 bits per heavy atom. The van der Waals surface area contributed by atoms with Gasteiger partial charge in [-0.05, 0) is 60.4 Å². The van der Waals surface area contributed by atoms with Crippen molar-refractivity contribution < 1.29 is 74.8 Å². The van der Waals surface area contributed by atoms with E-state index in [0.717, 1.165) is 34.3 Å². The fraction of sp³-hybridized carbons (Fsp3) is 0.413. The summed E-state index contributed by atoms with van der Waals surface area (Å²) in [7, 11) is 0. The second kappa shape index (κ2) is 23.9. The SMILES string of the molecule is CC(C)[C@H](N)C(=O)N[C@@H](C)C(=O)Nc1ccc(COC(=O)NCCc2ccccc2C(=O)Nc2ncnc3c2ncn3[C@@H]2O[C@@H]3COP(O)(=S)O[C@@H]4[C@H](O)[C@@H](COP(=O)(S)O[C@H]3[C@H]2F)O[C@H]4n2cc(F)c3c(=O)[nH]cnc32)cc1. The van der Waals surface area contributed by atoms with Gasteiger partial charge in [-0.15, -0.1) is 0 Å². The zero-order valence-electron chi connectivity index (χ0n) is 41.8. The Morgan fingerprint density at radius 2 is 1.68 bits per heavy atom. The van der Waals surface area contributed by atoms with Crippen molar-refractivity contribution in [2.45, 2.75) is 95.0 Å². The molecule has 79 heavy (non-hydrogen) atoms. The molecule has 422 valence electrons. The number of carbonyl (C=O) groups is 4. The van der Waals surface area contributed by atoms with Crippen LogP contribution in [0.2, 0.25) is 0 Å². The van der Waals surface area contributed by atoms with E-state index >= 15 is 8.78 Å². The molecule has 3 fully saturated rings. The second-order valence-corrected chi connectivity index (χ2v) is 24.3. The second-order valence-electron chi connectivity index (χ2n) is 18.6. The highest BCUT2D eigenvalue weighted by Gasteiger charge is 2.54. The van der Waals surface area contributed by atoms with Gasteiger partial charge in [0, 0.05) is 24.0 Å². The molecule has 2 unspecified atom stereocenters. The van der Waals surface area contributed by atoms with E-state index in [9.17, 15) is 38.5 Å². The molecule has 27 nitrogen and oxygen atoms in total. The highest BCUT2D eigenvalue weighted by Crippen LogP contribution is 2.58. The number of aliphatic hydroxyl groups is 1. The minimum absolute atomic E-state index is 0.00355. The largest absolute Gasteiger partial charge is 0.445 e. The molecule has 4 aromatic heterocycles. The topological polar surface area (TPSA) is 359 Å². The first-order valence-corrected chi connectivity index (χ1v) is 29.5. The number of hydrogen-bond acceptors (Lipinski definition) is 20. The Morgan fingerprint density at radius 1 is 0.949 bits per heavy atom. The van der Waals surface area contributed by atoms with Crippen molar-refractivity contribution in [1.29, 1.82) is 0 Å². The first-order chi connectivity index (χ1) is 37.6. The molecule has 0 saturated carbocycles. The Balaban J connectivity index is 0.814. The number of nitrogens with one attached hydrogen (secondary N) is 5. The minimum Gasteiger partial charge on any atom is -0.445 e. The summed E-state index contributed by atoms with van der Waals surface area (Å²) in [5.41, 5.74) is 6.62. The number of H-pyrrole nitrogens is 1. The predicted molar refractivity (Wildman–Crippen MR) is 281 cm³/mol. The summed E-state index contributed by atoms with van der Waals surface area (Å²) in [5, 5.41) is 21.5. The van der Waals surface area contributed by atoms with Crippen molar-refractivity contribution in [1.82, 2.24) is 44.7 Å². The van der Waals surface area contributed by atoms with Crippen LogP contribution >= 0.6 is 25.8 Å². The van der Waals surface area contributed by atoms with Crippen molar-refractivity contribution in [3.63, 3.8) is 0 Å². The number of anilines is 2. The summed E-state index contributed by atoms with van der Waals surface area (Å²) in [6, 6.07) is 11.5. The van der Waals surface area contributed by atoms with Crippen LogP contribution in [-0.4, -0.2) is 136 Å². The molecule has 0 radical (unpaired) electrons. The molecule has 0 aliphatic carbocycles. The number of nitrogens with zero attached hydrogens (tertiary/aromatic N) is 6. The van der Waals surface area contributed by atoms with E-state index in [4.69, 9.17) is 49.8 Å². The number of alkyl carbamates (subject to hydrolysis) is 1. The Labute approximate surface area is 456 Å². The molecule has 7 heterocycles. The van der Waals surface area contributed by atoms with Gasteiger partial charge < -0.3 is 65.3 Å². The molecule has 9 rings (SSSR count). The smallest absolute Gasteiger partial charge is 0.407 e. The van der Waals surface area contributed by atoms with Crippen molar-refractivity contribution >= 4 is 95.1 Å². The fourth-order valence-corrected chi connectivity index (χ4v) is 11.6. The zero-order valence-corrected chi connectivity index (χ0v) is 45.3. The number of halogens is 2. The molecular weight excluding hydrogens is 1120 g/mol. The number of ether oxygens (including phenoxy) is 3. The number of aliphatic hydroxyl groups excluding tert-OH is 1. The summed E-state index contributed by atoms with van der Waals surface area (Å²) in [6.45, 7) is -5.46. The Hall–Kier alpha value is -6.18. The number of aromatic amines is 1. The van der Waals surface area contributed by atoms with Gasteiger partial charge in [0.2, 0.25) is 11.8 Å². The van der Waals surface area contributed by atoms with Gasteiger partial charge >= 0.3 is 19.6 Å². The van der Waals surface area contributed by atoms with Crippen LogP contribution in [0, 0.1) is 11.7 Å². The lowest BCUT2D eigenvalue weighted by atomic mass is 10.0. The van der Waals surface area contributed by atoms with Crippen molar-refractivity contribution in [3.05, 3.63) is 107 Å². The Kier molecular flexibility index (Phi) is 17.4. The molecule has 4 amide bonds. The number of alkyl halides is 1. The van der Waals surface area contributed by atoms with Crippen LogP contribution in [0.5, 0.6) is 0 Å². The maximum absolute atomic E-state index is 16.8. The number of thiol groups is 1. The summed E-state index contributed by atoms with van der Waals surface area (Å²) in [4.78, 5) is 94.2. The molecule has 9 N–H and O–H groups in total. The first kappa shape index (κ1) is 57.5. The average Bonchev–Trinajstić information content (AvgIpc) is 4.36. The monoisotopic (exact) mass is 1180 g/mol. The van der Waals surface area contributed by atoms with Crippen LogP contribution < -0.4 is 32.6 Å². The minimum atomic E-state index is -4.60. The zero-order chi connectivity index (χ0) is 56.5. The molecule has 2 bridgehead atoms. The lowest BCUT2D eigenvalue weighted by Gasteiger charge is -2.27. The van der Waals surface area contributed by atoms with Crippen molar-refractivity contribution in [2.24, 2.45) is 11.7 Å². The third-order valence-corrected chi connectivity index (χ3v) is 16.1. The number of fused-ring (bicyclic) bond motifs is 5. The highest BCUT2D eigenvalue weighted by atomic mass is 32.7. The molecule has 3 aliphatic rings. The number of hydrogen-bond donors (Lipinski definition) is 9. The molecule has 2 aromatic carbocycles. The van der Waals surface area contributed by atoms with Gasteiger partial charge in [0.15, 0.2) is 47.1 Å². The van der Waals surface area contributed by atoms with E-state index in [1.807, 2.05) is 0 Å². The third-order valence-electron chi connectivity index (χ3n) is 12.9. The highest BCUT2D eigenvalue weighted by molar-refractivity contribution is 8.44. The maximum atomic E-state index is 16.8. The van der Waals surface area contributed by atoms with Gasteiger partial charge in [-0.3, -0.25) is 37.3 Å². The number of nitrogens with two attached hydrogens (primary N) is 1. The van der Waals surface area contributed by atoms with Crippen LogP contribution in [0.1, 0.15) is 54.7 Å². The number of imidazole rings is 1. The summed E-state index contributed by atoms with van der Waals surface area (Å²) in [5.74, 6) is -2.69. The van der Waals surface area contributed by atoms with E-state index in [1.54, 1.807) is 69.3 Å². The van der Waals surface area contributed by atoms with Gasteiger partial charge in [0.1, 0.15) is 54.9 Å². The molecule has 0 spiro atoms. The van der Waals surface area contributed by atoms with Gasteiger partial charge in [0.05, 0.1) is 31.9 Å². The van der Waals surface area contributed by atoms with Crippen molar-refractivity contribution in [2.75, 3.05) is 30.4 Å². The number of rotatable bonds is 14. The van der Waals surface area contributed by atoms with E-state index in [2.05, 4.69) is 58.4 Å². The number of amides is 4. The van der Waals surface area contributed by atoms with Crippen LogP contribution in [0.25, 0.3) is 22.2 Å². The van der Waals surface area contributed by atoms with Gasteiger partial charge in [0.25, 0.3) is 11.5 Å². The van der Waals surface area contributed by atoms with Crippen LogP contribution in [-0.2, 0) is 71.3 Å². The summed E-state index contributed by atoms with van der Waals surface area (Å²) < 4.78 is 87.5. The van der Waals surface area contributed by atoms with Gasteiger partial charge in [-0.2, -0.15) is 0 Å². The molecule has 6 aromatic rings. The standard InChI is InChI=1S/C46H52F2N12O15P2S2/c1-21(2)32(49)43(65)56-22(3)40(62)57-25-10-8-23(9-11-25)15-69-46(66)50-13-12-24-6-4-5-7-26(24)41(63)58-37-33-39(53-18-51-37)60(20-55-33)44-31(48)35-29(73-44)17-71-77(68,79)75-36-34(61)28(16-70-76(67,78)74-35)72-45(36)59-14-27(47)30-38(59)52-19-54-42(30)64/h4-11,14,18-22,28-29,31-32,34-36,44-45,61H,12-13,15-17,49H2,1-3H3,(H,50,66)(H,56,65)(H,57,62)(H,67,78)(H,68,79)(H,52,54,64)(H,51,53,58,63)/t22-,28+,29+,31+,32-,34+,35+,36+,44+,45+,76?,77?/m0/s1. The first-order valence-electron chi connectivity index (χ1n) is 24.2. The predicted octanol–water partition coefficient (Wildman–Crippen LogP) is 3.42. The maximum Gasteiger partial charge on any atom is 0.407 e. The molecule has 3 aliphatic heterocycles. The molecule has 3 saturated heterocycles. The van der Waals surface area contributed by atoms with E-state index in [-0.39, 0.29) is 53.7 Å².